The van der Waals surface area contributed by atoms with Gasteiger partial charge >= 0.3 is 0 Å². The molecule has 0 aromatic heterocycles. The number of aliphatic hydroxyl groups is 2. The summed E-state index contributed by atoms with van der Waals surface area (Å²) in [6.07, 6.45) is 1.74. The monoisotopic (exact) mass is 210 g/mol. The van der Waals surface area contributed by atoms with E-state index >= 15 is 0 Å². The lowest BCUT2D eigenvalue weighted by molar-refractivity contribution is 0.0201. The van der Waals surface area contributed by atoms with Crippen molar-refractivity contribution >= 4 is 6.08 Å². The highest BCUT2D eigenvalue weighted by Gasteiger charge is 2.21. The Labute approximate surface area is 86.4 Å². The Morgan fingerprint density at radius 2 is 2.27 bits per heavy atom. The molecule has 2 atom stereocenters. The Morgan fingerprint density at radius 1 is 1.47 bits per heavy atom. The molecule has 0 saturated heterocycles. The average Bonchev–Trinajstić information content (AvgIpc) is 2.27. The number of halogens is 1. The fraction of sp³-hybridized carbons (Fsp3) is 0.273. The van der Waals surface area contributed by atoms with Gasteiger partial charge in [0, 0.05) is 5.56 Å². The third-order valence-corrected chi connectivity index (χ3v) is 2.27. The smallest absolute Gasteiger partial charge is 0.145 e. The second kappa shape index (κ2) is 4.00. The van der Waals surface area contributed by atoms with Crippen LogP contribution in [0.5, 0.6) is 5.75 Å². The van der Waals surface area contributed by atoms with Crippen molar-refractivity contribution in [1.82, 2.24) is 0 Å². The van der Waals surface area contributed by atoms with Crippen molar-refractivity contribution in [3.8, 4) is 5.75 Å². The fourth-order valence-electron chi connectivity index (χ4n) is 1.45. The molecular formula is C11H11FO3. The largest absolute Gasteiger partial charge is 0.483 e. The summed E-state index contributed by atoms with van der Waals surface area (Å²) in [5.74, 6) is 0.180. The van der Waals surface area contributed by atoms with Crippen LogP contribution < -0.4 is 4.74 Å². The first-order valence-corrected chi connectivity index (χ1v) is 4.64. The number of ether oxygens (including phenoxy) is 1. The number of aliphatic hydroxyl groups excluding tert-OH is 2. The molecule has 1 unspecified atom stereocenters. The molecule has 1 heterocycles. The molecule has 80 valence electrons. The van der Waals surface area contributed by atoms with E-state index in [9.17, 15) is 9.50 Å². The van der Waals surface area contributed by atoms with Crippen molar-refractivity contribution in [2.24, 2.45) is 0 Å². The maximum absolute atomic E-state index is 12.8. The van der Waals surface area contributed by atoms with Gasteiger partial charge in [-0.05, 0) is 24.3 Å². The lowest BCUT2D eigenvalue weighted by Gasteiger charge is -2.24. The zero-order valence-electron chi connectivity index (χ0n) is 7.93. The summed E-state index contributed by atoms with van der Waals surface area (Å²) in [7, 11) is 0. The highest BCUT2D eigenvalue weighted by molar-refractivity contribution is 5.60. The van der Waals surface area contributed by atoms with Gasteiger partial charge < -0.3 is 14.9 Å². The van der Waals surface area contributed by atoms with Crippen molar-refractivity contribution in [3.63, 3.8) is 0 Å². The number of benzene rings is 1. The van der Waals surface area contributed by atoms with Crippen LogP contribution in [0.1, 0.15) is 5.56 Å². The van der Waals surface area contributed by atoms with Crippen LogP contribution in [-0.4, -0.2) is 29.0 Å². The Kier molecular flexibility index (Phi) is 2.70. The number of fused-ring (bicyclic) bond motifs is 1. The molecule has 0 amide bonds. The minimum absolute atomic E-state index is 0.330. The molecular weight excluding hydrogens is 199 g/mol. The zero-order chi connectivity index (χ0) is 10.8. The molecule has 1 aliphatic rings. The lowest BCUT2D eigenvalue weighted by Crippen LogP contribution is -2.34. The zero-order valence-corrected chi connectivity index (χ0v) is 7.93. The fourth-order valence-corrected chi connectivity index (χ4v) is 1.45. The van der Waals surface area contributed by atoms with Gasteiger partial charge in [0.15, 0.2) is 0 Å². The lowest BCUT2D eigenvalue weighted by atomic mass is 10.1. The van der Waals surface area contributed by atoms with Crippen LogP contribution in [-0.2, 0) is 0 Å². The van der Waals surface area contributed by atoms with Gasteiger partial charge in [0.1, 0.15) is 23.8 Å². The van der Waals surface area contributed by atoms with Gasteiger partial charge in [-0.2, -0.15) is 0 Å². The minimum atomic E-state index is -0.959. The Bertz CT molecular complexity index is 389. The highest BCUT2D eigenvalue weighted by Crippen LogP contribution is 2.27. The van der Waals surface area contributed by atoms with E-state index in [1.165, 1.54) is 18.2 Å². The molecule has 1 aromatic rings. The Balaban J connectivity index is 2.24. The van der Waals surface area contributed by atoms with E-state index < -0.39 is 12.2 Å². The molecule has 2 rings (SSSR count). The van der Waals surface area contributed by atoms with Gasteiger partial charge in [-0.25, -0.2) is 4.39 Å². The predicted molar refractivity (Wildman–Crippen MR) is 52.9 cm³/mol. The summed E-state index contributed by atoms with van der Waals surface area (Å²) in [6.45, 7) is -0.370. The highest BCUT2D eigenvalue weighted by atomic mass is 19.1. The SMILES string of the molecule is OC[C@@H](O)C1C=Cc2cc(F)ccc2O1. The molecule has 0 radical (unpaired) electrons. The molecule has 3 nitrogen and oxygen atoms in total. The van der Waals surface area contributed by atoms with E-state index in [0.29, 0.717) is 11.3 Å². The van der Waals surface area contributed by atoms with Crippen molar-refractivity contribution in [2.45, 2.75) is 12.2 Å². The van der Waals surface area contributed by atoms with Gasteiger partial charge in [-0.1, -0.05) is 6.08 Å². The first-order valence-electron chi connectivity index (χ1n) is 4.64. The molecule has 1 aromatic carbocycles. The third kappa shape index (κ3) is 2.00. The second-order valence-corrected chi connectivity index (χ2v) is 3.37. The van der Waals surface area contributed by atoms with Gasteiger partial charge in [0.25, 0.3) is 0 Å². The minimum Gasteiger partial charge on any atom is -0.483 e. The van der Waals surface area contributed by atoms with Crippen LogP contribution in [0.15, 0.2) is 24.3 Å². The standard InChI is InChI=1S/C11H11FO3/c12-8-2-4-10-7(5-8)1-3-11(15-10)9(14)6-13/h1-5,9,11,13-14H,6H2/t9-,11?/m1/s1. The molecule has 0 bridgehead atoms. The van der Waals surface area contributed by atoms with E-state index in [1.807, 2.05) is 0 Å². The van der Waals surface area contributed by atoms with Crippen molar-refractivity contribution in [2.75, 3.05) is 6.61 Å². The molecule has 1 aliphatic heterocycles. The molecule has 0 saturated carbocycles. The summed E-state index contributed by atoms with van der Waals surface area (Å²) in [6, 6.07) is 4.15. The van der Waals surface area contributed by atoms with Gasteiger partial charge in [0.2, 0.25) is 0 Å². The van der Waals surface area contributed by atoms with Gasteiger partial charge in [-0.15, -0.1) is 0 Å². The summed E-state index contributed by atoms with van der Waals surface area (Å²) < 4.78 is 18.2. The summed E-state index contributed by atoms with van der Waals surface area (Å²) in [5, 5.41) is 18.1. The van der Waals surface area contributed by atoms with E-state index in [-0.39, 0.29) is 12.4 Å². The van der Waals surface area contributed by atoms with Crippen LogP contribution >= 0.6 is 0 Å². The van der Waals surface area contributed by atoms with E-state index in [1.54, 1.807) is 12.2 Å². The first-order chi connectivity index (χ1) is 7.20. The Morgan fingerprint density at radius 3 is 3.00 bits per heavy atom. The van der Waals surface area contributed by atoms with Crippen molar-refractivity contribution in [1.29, 1.82) is 0 Å². The predicted octanol–water partition coefficient (Wildman–Crippen LogP) is 0.953. The maximum Gasteiger partial charge on any atom is 0.145 e. The van der Waals surface area contributed by atoms with E-state index in [4.69, 9.17) is 9.84 Å². The molecule has 0 spiro atoms. The van der Waals surface area contributed by atoms with E-state index in [0.717, 1.165) is 0 Å². The average molecular weight is 210 g/mol. The molecule has 0 fully saturated rings. The summed E-state index contributed by atoms with van der Waals surface area (Å²) in [4.78, 5) is 0. The topological polar surface area (TPSA) is 49.7 Å². The van der Waals surface area contributed by atoms with Gasteiger partial charge in [-0.3, -0.25) is 0 Å². The van der Waals surface area contributed by atoms with Crippen LogP contribution in [0.4, 0.5) is 4.39 Å². The normalized spacial score (nSPS) is 20.6. The molecule has 2 N–H and O–H groups in total. The van der Waals surface area contributed by atoms with Crippen LogP contribution in [0.2, 0.25) is 0 Å². The van der Waals surface area contributed by atoms with Crippen LogP contribution in [0, 0.1) is 5.82 Å². The quantitative estimate of drug-likeness (QED) is 0.764. The third-order valence-electron chi connectivity index (χ3n) is 2.27. The van der Waals surface area contributed by atoms with Crippen LogP contribution in [0.3, 0.4) is 0 Å². The van der Waals surface area contributed by atoms with Crippen molar-refractivity contribution in [3.05, 3.63) is 35.7 Å². The molecule has 4 heteroatoms. The number of hydrogen-bond acceptors (Lipinski definition) is 3. The van der Waals surface area contributed by atoms with Gasteiger partial charge in [0.05, 0.1) is 6.61 Å². The molecule has 0 aliphatic carbocycles. The second-order valence-electron chi connectivity index (χ2n) is 3.37. The van der Waals surface area contributed by atoms with E-state index in [2.05, 4.69) is 0 Å². The maximum atomic E-state index is 12.8. The summed E-state index contributed by atoms with van der Waals surface area (Å²) in [5.41, 5.74) is 0.636. The van der Waals surface area contributed by atoms with Crippen molar-refractivity contribution < 1.29 is 19.3 Å². The first kappa shape index (κ1) is 10.1. The number of rotatable bonds is 2. The number of hydrogen-bond donors (Lipinski definition) is 2. The molecule has 15 heavy (non-hydrogen) atoms. The summed E-state index contributed by atoms with van der Waals surface area (Å²) >= 11 is 0. The van der Waals surface area contributed by atoms with Crippen LogP contribution in [0.25, 0.3) is 6.08 Å². The Hall–Kier alpha value is -1.39.